The van der Waals surface area contributed by atoms with Gasteiger partial charge in [-0.1, -0.05) is 16.1 Å². The summed E-state index contributed by atoms with van der Waals surface area (Å²) in [4.78, 5) is 30.2. The van der Waals surface area contributed by atoms with Crippen molar-refractivity contribution in [3.8, 4) is 0 Å². The fourth-order valence-electron chi connectivity index (χ4n) is 2.07. The van der Waals surface area contributed by atoms with E-state index >= 15 is 0 Å². The number of ether oxygens (including phenoxy) is 2. The van der Waals surface area contributed by atoms with Gasteiger partial charge in [0.2, 0.25) is 0 Å². The molecule has 0 aliphatic heterocycles. The van der Waals surface area contributed by atoms with Crippen LogP contribution in [0.5, 0.6) is 0 Å². The van der Waals surface area contributed by atoms with Crippen LogP contribution in [-0.2, 0) is 29.1 Å². The summed E-state index contributed by atoms with van der Waals surface area (Å²) in [6, 6.07) is 3.81. The predicted octanol–water partition coefficient (Wildman–Crippen LogP) is 1.17. The average Bonchev–Trinajstić information content (AvgIpc) is 2.64. The molecular formula is C16H23ClN2O7S. The fourth-order valence-corrected chi connectivity index (χ4v) is 3.54. The Hall–Kier alpha value is -1.72. The number of sulfonamides is 1. The van der Waals surface area contributed by atoms with Crippen molar-refractivity contribution in [1.82, 2.24) is 9.37 Å². The summed E-state index contributed by atoms with van der Waals surface area (Å²) in [6.45, 7) is 1.85. The smallest absolute Gasteiger partial charge is 0.325 e. The quantitative estimate of drug-likeness (QED) is 0.412. The summed E-state index contributed by atoms with van der Waals surface area (Å²) in [6.07, 6.45) is 0. The number of halogens is 1. The predicted molar refractivity (Wildman–Crippen MR) is 97.8 cm³/mol. The van der Waals surface area contributed by atoms with E-state index in [9.17, 15) is 18.0 Å². The average molecular weight is 423 g/mol. The highest BCUT2D eigenvalue weighted by Crippen LogP contribution is 2.26. The van der Waals surface area contributed by atoms with Crippen LogP contribution in [0.3, 0.4) is 0 Å². The lowest BCUT2D eigenvalue weighted by molar-refractivity contribution is -0.143. The monoisotopic (exact) mass is 422 g/mol. The molecule has 1 aromatic carbocycles. The maximum Gasteiger partial charge on any atom is 0.325 e. The molecule has 0 fully saturated rings. The molecule has 1 aromatic rings. The molecule has 27 heavy (non-hydrogen) atoms. The third-order valence-corrected chi connectivity index (χ3v) is 5.69. The number of hydroxylamine groups is 1. The molecule has 9 nitrogen and oxygen atoms in total. The molecule has 0 aromatic heterocycles. The van der Waals surface area contributed by atoms with Crippen LogP contribution in [0.2, 0.25) is 5.02 Å². The first-order chi connectivity index (χ1) is 12.7. The maximum atomic E-state index is 12.8. The van der Waals surface area contributed by atoms with Gasteiger partial charge in [0.15, 0.2) is 0 Å². The number of benzene rings is 1. The lowest BCUT2D eigenvalue weighted by Crippen LogP contribution is -2.38. The zero-order valence-electron chi connectivity index (χ0n) is 15.6. The molecule has 0 aliphatic carbocycles. The minimum atomic E-state index is -4.06. The lowest BCUT2D eigenvalue weighted by atomic mass is 10.2. The molecule has 0 saturated carbocycles. The van der Waals surface area contributed by atoms with E-state index in [2.05, 4.69) is 0 Å². The van der Waals surface area contributed by atoms with Gasteiger partial charge in [0.25, 0.3) is 15.9 Å². The van der Waals surface area contributed by atoms with Gasteiger partial charge in [-0.15, -0.1) is 0 Å². The van der Waals surface area contributed by atoms with Gasteiger partial charge in [0.1, 0.15) is 11.4 Å². The number of nitrogens with zero attached hydrogens (tertiary/aromatic N) is 2. The van der Waals surface area contributed by atoms with Crippen molar-refractivity contribution >= 4 is 33.5 Å². The number of hydrogen-bond donors (Lipinski definition) is 0. The molecule has 0 saturated heterocycles. The van der Waals surface area contributed by atoms with Crippen molar-refractivity contribution in [2.24, 2.45) is 0 Å². The minimum Gasteiger partial charge on any atom is -0.465 e. The standard InChI is InChI=1S/C16H23ClN2O7S/c1-5-26-15(20)11-19(8-9-24-3)16(21)12-6-7-13(17)14(10-12)27(22,23)18(2)25-4/h6-7,10H,5,8-9,11H2,1-4H3. The zero-order chi connectivity index (χ0) is 20.6. The number of esters is 1. The summed E-state index contributed by atoms with van der Waals surface area (Å²) in [5.74, 6) is -1.14. The topological polar surface area (TPSA) is 102 Å². The third-order valence-electron chi connectivity index (χ3n) is 3.53. The summed E-state index contributed by atoms with van der Waals surface area (Å²) in [5, 5.41) is -0.0655. The fraction of sp³-hybridized carbons (Fsp3) is 0.500. The van der Waals surface area contributed by atoms with Gasteiger partial charge in [-0.2, -0.15) is 0 Å². The Balaban J connectivity index is 3.23. The summed E-state index contributed by atoms with van der Waals surface area (Å²) in [5.41, 5.74) is 0.0443. The van der Waals surface area contributed by atoms with Crippen LogP contribution in [0.4, 0.5) is 0 Å². The van der Waals surface area contributed by atoms with Crippen LogP contribution in [0.25, 0.3) is 0 Å². The summed E-state index contributed by atoms with van der Waals surface area (Å²) < 4.78 is 35.4. The van der Waals surface area contributed by atoms with Crippen molar-refractivity contribution in [3.63, 3.8) is 0 Å². The highest BCUT2D eigenvalue weighted by Gasteiger charge is 2.27. The molecule has 0 spiro atoms. The van der Waals surface area contributed by atoms with Gasteiger partial charge < -0.3 is 14.4 Å². The van der Waals surface area contributed by atoms with Crippen molar-refractivity contribution < 1.29 is 32.3 Å². The Kier molecular flexibility index (Phi) is 9.13. The highest BCUT2D eigenvalue weighted by atomic mass is 35.5. The van der Waals surface area contributed by atoms with E-state index in [1.54, 1.807) is 6.92 Å². The van der Waals surface area contributed by atoms with Gasteiger partial charge in [-0.25, -0.2) is 8.42 Å². The van der Waals surface area contributed by atoms with Crippen molar-refractivity contribution in [3.05, 3.63) is 28.8 Å². The summed E-state index contributed by atoms with van der Waals surface area (Å²) in [7, 11) is -0.212. The number of hydrogen-bond acceptors (Lipinski definition) is 7. The number of methoxy groups -OCH3 is 1. The summed E-state index contributed by atoms with van der Waals surface area (Å²) >= 11 is 5.99. The van der Waals surface area contributed by atoms with Gasteiger partial charge >= 0.3 is 5.97 Å². The highest BCUT2D eigenvalue weighted by molar-refractivity contribution is 7.89. The second-order valence-electron chi connectivity index (χ2n) is 5.27. The van der Waals surface area contributed by atoms with Crippen molar-refractivity contribution in [2.75, 3.05) is 47.6 Å². The molecule has 152 valence electrons. The molecule has 0 N–H and O–H groups in total. The lowest BCUT2D eigenvalue weighted by Gasteiger charge is -2.22. The maximum absolute atomic E-state index is 12.8. The Labute approximate surface area is 163 Å². The largest absolute Gasteiger partial charge is 0.465 e. The first kappa shape index (κ1) is 23.3. The normalized spacial score (nSPS) is 11.5. The van der Waals surface area contributed by atoms with Crippen LogP contribution in [0.15, 0.2) is 23.1 Å². The van der Waals surface area contributed by atoms with Gasteiger partial charge in [-0.05, 0) is 25.1 Å². The van der Waals surface area contributed by atoms with E-state index < -0.39 is 21.9 Å². The Bertz CT molecular complexity index is 770. The number of carbonyl (C=O) groups excluding carboxylic acids is 2. The zero-order valence-corrected chi connectivity index (χ0v) is 17.2. The molecule has 0 radical (unpaired) electrons. The number of rotatable bonds is 10. The molecule has 1 amide bonds. The second kappa shape index (κ2) is 10.6. The molecule has 0 aliphatic rings. The Morgan fingerprint density at radius 1 is 1.22 bits per heavy atom. The third kappa shape index (κ3) is 6.15. The van der Waals surface area contributed by atoms with E-state index in [1.807, 2.05) is 0 Å². The van der Waals surface area contributed by atoms with E-state index in [4.69, 9.17) is 25.9 Å². The molecule has 0 bridgehead atoms. The van der Waals surface area contributed by atoms with Crippen LogP contribution >= 0.6 is 11.6 Å². The SMILES string of the molecule is CCOC(=O)CN(CCOC)C(=O)c1ccc(Cl)c(S(=O)(=O)N(C)OC)c1. The molecular weight excluding hydrogens is 400 g/mol. The van der Waals surface area contributed by atoms with Gasteiger partial charge in [0, 0.05) is 26.3 Å². The van der Waals surface area contributed by atoms with Crippen LogP contribution in [-0.4, -0.2) is 77.2 Å². The molecule has 11 heteroatoms. The van der Waals surface area contributed by atoms with E-state index in [-0.39, 0.29) is 41.8 Å². The number of carbonyl (C=O) groups is 2. The Morgan fingerprint density at radius 2 is 1.89 bits per heavy atom. The molecule has 1 rings (SSSR count). The van der Waals surface area contributed by atoms with Crippen LogP contribution in [0, 0.1) is 0 Å². The van der Waals surface area contributed by atoms with Gasteiger partial charge in [0.05, 0.1) is 25.3 Å². The first-order valence-corrected chi connectivity index (χ1v) is 9.77. The number of amides is 1. The molecule has 0 atom stereocenters. The second-order valence-corrected chi connectivity index (χ2v) is 7.58. The van der Waals surface area contributed by atoms with Crippen LogP contribution < -0.4 is 0 Å². The van der Waals surface area contributed by atoms with Crippen molar-refractivity contribution in [2.45, 2.75) is 11.8 Å². The van der Waals surface area contributed by atoms with E-state index in [1.165, 1.54) is 38.3 Å². The molecule has 0 heterocycles. The Morgan fingerprint density at radius 3 is 2.44 bits per heavy atom. The minimum absolute atomic E-state index is 0.0443. The van der Waals surface area contributed by atoms with Crippen molar-refractivity contribution in [1.29, 1.82) is 0 Å². The van der Waals surface area contributed by atoms with E-state index in [0.29, 0.717) is 4.47 Å². The van der Waals surface area contributed by atoms with Gasteiger partial charge in [-0.3, -0.25) is 14.4 Å². The van der Waals surface area contributed by atoms with Crippen LogP contribution in [0.1, 0.15) is 17.3 Å². The first-order valence-electron chi connectivity index (χ1n) is 7.95. The molecule has 0 unspecified atom stereocenters. The van der Waals surface area contributed by atoms with E-state index in [0.717, 1.165) is 6.07 Å².